The van der Waals surface area contributed by atoms with Crippen LogP contribution in [0.15, 0.2) is 34.7 Å². The molecule has 1 saturated heterocycles. The highest BCUT2D eigenvalue weighted by atomic mass is 16.5. The number of methoxy groups -OCH3 is 1. The number of amides is 2. The number of pyridine rings is 1. The van der Waals surface area contributed by atoms with Crippen LogP contribution in [0.3, 0.4) is 0 Å². The van der Waals surface area contributed by atoms with Gasteiger partial charge < -0.3 is 19.4 Å². The SMILES string of the molecule is COc1ccc2cc3cc(C(=O)NCCCN4CCCC4=O)oc3nc2c1. The lowest BCUT2D eigenvalue weighted by atomic mass is 10.2. The summed E-state index contributed by atoms with van der Waals surface area (Å²) in [7, 11) is 1.61. The van der Waals surface area contributed by atoms with Crippen LogP contribution in [0.4, 0.5) is 0 Å². The first-order chi connectivity index (χ1) is 13.1. The van der Waals surface area contributed by atoms with Crippen LogP contribution in [0.25, 0.3) is 22.0 Å². The fraction of sp³-hybridized carbons (Fsp3) is 0.350. The van der Waals surface area contributed by atoms with Gasteiger partial charge in [-0.3, -0.25) is 9.59 Å². The van der Waals surface area contributed by atoms with Gasteiger partial charge in [-0.2, -0.15) is 0 Å². The van der Waals surface area contributed by atoms with E-state index in [4.69, 9.17) is 9.15 Å². The van der Waals surface area contributed by atoms with E-state index in [1.54, 1.807) is 13.2 Å². The van der Waals surface area contributed by atoms with Crippen molar-refractivity contribution in [3.8, 4) is 5.75 Å². The molecular weight excluding hydrogens is 346 g/mol. The van der Waals surface area contributed by atoms with Gasteiger partial charge in [0.25, 0.3) is 5.91 Å². The molecule has 0 bridgehead atoms. The molecule has 7 heteroatoms. The number of rotatable bonds is 6. The summed E-state index contributed by atoms with van der Waals surface area (Å²) in [6, 6.07) is 9.26. The molecule has 0 atom stereocenters. The standard InChI is InChI=1S/C20H21N3O4/c1-26-15-6-5-13-10-14-11-17(27-20(14)22-16(13)12-15)19(25)21-7-3-9-23-8-2-4-18(23)24/h5-6,10-12H,2-4,7-9H2,1H3,(H,21,25). The van der Waals surface area contributed by atoms with E-state index in [-0.39, 0.29) is 17.6 Å². The van der Waals surface area contributed by atoms with Crippen molar-refractivity contribution in [3.05, 3.63) is 36.1 Å². The molecule has 1 aromatic carbocycles. The molecule has 3 heterocycles. The van der Waals surface area contributed by atoms with E-state index in [9.17, 15) is 9.59 Å². The summed E-state index contributed by atoms with van der Waals surface area (Å²) in [6.45, 7) is 1.99. The highest BCUT2D eigenvalue weighted by Gasteiger charge is 2.19. The topological polar surface area (TPSA) is 84.7 Å². The van der Waals surface area contributed by atoms with Crippen LogP contribution < -0.4 is 10.1 Å². The third-order valence-electron chi connectivity index (χ3n) is 4.80. The van der Waals surface area contributed by atoms with Crippen molar-refractivity contribution in [2.75, 3.05) is 26.7 Å². The second kappa shape index (κ2) is 7.26. The number of ether oxygens (including phenoxy) is 1. The number of benzene rings is 1. The maximum atomic E-state index is 12.3. The number of carbonyl (C=O) groups is 2. The Morgan fingerprint density at radius 1 is 1.30 bits per heavy atom. The summed E-state index contributed by atoms with van der Waals surface area (Å²) in [6.07, 6.45) is 2.29. The average Bonchev–Trinajstić information content (AvgIpc) is 3.28. The van der Waals surface area contributed by atoms with Crippen LogP contribution in [0.5, 0.6) is 5.75 Å². The van der Waals surface area contributed by atoms with Gasteiger partial charge in [0.15, 0.2) is 5.76 Å². The molecule has 2 aromatic heterocycles. The van der Waals surface area contributed by atoms with Gasteiger partial charge in [-0.05, 0) is 37.1 Å². The number of likely N-dealkylation sites (tertiary alicyclic amines) is 1. The van der Waals surface area contributed by atoms with Gasteiger partial charge in [0, 0.05) is 42.9 Å². The van der Waals surface area contributed by atoms with Crippen molar-refractivity contribution in [1.29, 1.82) is 0 Å². The van der Waals surface area contributed by atoms with E-state index >= 15 is 0 Å². The maximum Gasteiger partial charge on any atom is 0.287 e. The third-order valence-corrected chi connectivity index (χ3v) is 4.80. The molecule has 0 aliphatic carbocycles. The Balaban J connectivity index is 1.42. The van der Waals surface area contributed by atoms with Gasteiger partial charge in [0.2, 0.25) is 11.6 Å². The van der Waals surface area contributed by atoms with Gasteiger partial charge >= 0.3 is 0 Å². The summed E-state index contributed by atoms with van der Waals surface area (Å²) in [4.78, 5) is 30.2. The molecule has 27 heavy (non-hydrogen) atoms. The Morgan fingerprint density at radius 2 is 2.19 bits per heavy atom. The van der Waals surface area contributed by atoms with Crippen LogP contribution >= 0.6 is 0 Å². The molecule has 3 aromatic rings. The number of hydrogen-bond acceptors (Lipinski definition) is 5. The number of carbonyl (C=O) groups excluding carboxylic acids is 2. The predicted molar refractivity (Wildman–Crippen MR) is 101 cm³/mol. The summed E-state index contributed by atoms with van der Waals surface area (Å²) < 4.78 is 10.8. The van der Waals surface area contributed by atoms with Crippen molar-refractivity contribution in [2.24, 2.45) is 0 Å². The Morgan fingerprint density at radius 3 is 2.96 bits per heavy atom. The van der Waals surface area contributed by atoms with Crippen molar-refractivity contribution >= 4 is 33.8 Å². The molecule has 0 unspecified atom stereocenters. The van der Waals surface area contributed by atoms with Crippen LogP contribution in [-0.2, 0) is 4.79 Å². The van der Waals surface area contributed by atoms with E-state index in [1.165, 1.54) is 0 Å². The maximum absolute atomic E-state index is 12.3. The number of fused-ring (bicyclic) bond motifs is 2. The minimum absolute atomic E-state index is 0.202. The first kappa shape index (κ1) is 17.3. The zero-order valence-electron chi connectivity index (χ0n) is 15.2. The number of furan rings is 1. The Labute approximate surface area is 156 Å². The van der Waals surface area contributed by atoms with Crippen LogP contribution in [0, 0.1) is 0 Å². The summed E-state index contributed by atoms with van der Waals surface area (Å²) in [5, 5.41) is 4.57. The normalized spacial score (nSPS) is 14.3. The molecule has 1 fully saturated rings. The second-order valence-corrected chi connectivity index (χ2v) is 6.65. The van der Waals surface area contributed by atoms with Crippen LogP contribution in [-0.4, -0.2) is 48.4 Å². The highest BCUT2D eigenvalue weighted by molar-refractivity contribution is 5.98. The van der Waals surface area contributed by atoms with Gasteiger partial charge in [-0.25, -0.2) is 4.98 Å². The molecule has 0 radical (unpaired) electrons. The number of hydrogen-bond donors (Lipinski definition) is 1. The number of nitrogens with one attached hydrogen (secondary N) is 1. The Kier molecular flexibility index (Phi) is 4.66. The molecule has 1 aliphatic heterocycles. The zero-order valence-corrected chi connectivity index (χ0v) is 15.2. The average molecular weight is 367 g/mol. The number of nitrogens with zero attached hydrogens (tertiary/aromatic N) is 2. The minimum Gasteiger partial charge on any atom is -0.497 e. The molecule has 140 valence electrons. The van der Waals surface area contributed by atoms with Crippen LogP contribution in [0.2, 0.25) is 0 Å². The molecule has 0 saturated carbocycles. The van der Waals surface area contributed by atoms with E-state index in [0.717, 1.165) is 41.4 Å². The van der Waals surface area contributed by atoms with Crippen molar-refractivity contribution in [2.45, 2.75) is 19.3 Å². The first-order valence-corrected chi connectivity index (χ1v) is 9.08. The van der Waals surface area contributed by atoms with E-state index in [2.05, 4.69) is 10.3 Å². The van der Waals surface area contributed by atoms with Gasteiger partial charge in [0.05, 0.1) is 12.6 Å². The lowest BCUT2D eigenvalue weighted by Crippen LogP contribution is -2.30. The Hall–Kier alpha value is -3.09. The lowest BCUT2D eigenvalue weighted by Gasteiger charge is -2.14. The molecular formula is C20H21N3O4. The molecule has 4 rings (SSSR count). The van der Waals surface area contributed by atoms with Gasteiger partial charge in [-0.15, -0.1) is 0 Å². The summed E-state index contributed by atoms with van der Waals surface area (Å²) >= 11 is 0. The lowest BCUT2D eigenvalue weighted by molar-refractivity contribution is -0.127. The predicted octanol–water partition coefficient (Wildman–Crippen LogP) is 2.73. The van der Waals surface area contributed by atoms with Crippen LogP contribution in [0.1, 0.15) is 29.8 Å². The van der Waals surface area contributed by atoms with Crippen molar-refractivity contribution < 1.29 is 18.7 Å². The van der Waals surface area contributed by atoms with E-state index in [0.29, 0.717) is 25.2 Å². The first-order valence-electron chi connectivity index (χ1n) is 9.08. The second-order valence-electron chi connectivity index (χ2n) is 6.65. The molecule has 1 N–H and O–H groups in total. The number of aromatic nitrogens is 1. The highest BCUT2D eigenvalue weighted by Crippen LogP contribution is 2.25. The zero-order chi connectivity index (χ0) is 18.8. The van der Waals surface area contributed by atoms with Gasteiger partial charge in [-0.1, -0.05) is 0 Å². The van der Waals surface area contributed by atoms with E-state index < -0.39 is 0 Å². The molecule has 0 spiro atoms. The Bertz CT molecular complexity index is 1010. The van der Waals surface area contributed by atoms with E-state index in [1.807, 2.05) is 29.2 Å². The molecule has 2 amide bonds. The summed E-state index contributed by atoms with van der Waals surface area (Å²) in [5.41, 5.74) is 1.17. The molecule has 1 aliphatic rings. The quantitative estimate of drug-likeness (QED) is 0.677. The van der Waals surface area contributed by atoms with Gasteiger partial charge in [0.1, 0.15) is 5.75 Å². The molecule has 7 nitrogen and oxygen atoms in total. The fourth-order valence-corrected chi connectivity index (χ4v) is 3.34. The summed E-state index contributed by atoms with van der Waals surface area (Å²) in [5.74, 6) is 0.878. The van der Waals surface area contributed by atoms with Crippen molar-refractivity contribution in [1.82, 2.24) is 15.2 Å². The van der Waals surface area contributed by atoms with Crippen molar-refractivity contribution in [3.63, 3.8) is 0 Å². The monoisotopic (exact) mass is 367 g/mol. The smallest absolute Gasteiger partial charge is 0.287 e. The largest absolute Gasteiger partial charge is 0.497 e. The third kappa shape index (κ3) is 3.58. The minimum atomic E-state index is -0.276. The fourth-order valence-electron chi connectivity index (χ4n) is 3.34.